The van der Waals surface area contributed by atoms with E-state index in [1.807, 2.05) is 0 Å². The Balaban J connectivity index is 3.28. The van der Waals surface area contributed by atoms with E-state index in [1.165, 1.54) is 6.92 Å². The second-order valence-electron chi connectivity index (χ2n) is 4.33. The largest absolute Gasteiger partial charge is 0.480 e. The Bertz CT molecular complexity index is 573. The smallest absolute Gasteiger partial charge is 0.329 e. The quantitative estimate of drug-likeness (QED) is 0.603. The maximum absolute atomic E-state index is 11.2. The number of hydrogen-bond donors (Lipinski definition) is 2. The first-order valence-electron chi connectivity index (χ1n) is 5.65. The minimum absolute atomic E-state index is 0.0765. The molecule has 20 heavy (non-hydrogen) atoms. The van der Waals surface area contributed by atoms with Crippen molar-refractivity contribution in [1.82, 2.24) is 0 Å². The van der Waals surface area contributed by atoms with E-state index in [9.17, 15) is 25.0 Å². The maximum Gasteiger partial charge on any atom is 0.329 e. The number of nitrogens with one attached hydrogen (secondary N) is 1. The van der Waals surface area contributed by atoms with E-state index in [-0.39, 0.29) is 12.1 Å². The Morgan fingerprint density at radius 2 is 1.95 bits per heavy atom. The van der Waals surface area contributed by atoms with E-state index in [1.54, 1.807) is 6.92 Å². The zero-order chi connectivity index (χ0) is 15.5. The van der Waals surface area contributed by atoms with Crippen LogP contribution in [-0.4, -0.2) is 26.5 Å². The van der Waals surface area contributed by atoms with Crippen LogP contribution in [0.25, 0.3) is 0 Å². The average Bonchev–Trinajstić information content (AvgIpc) is 2.38. The predicted molar refractivity (Wildman–Crippen MR) is 69.7 cm³/mol. The minimum atomic E-state index is -1.40. The molecule has 108 valence electrons. The van der Waals surface area contributed by atoms with Gasteiger partial charge in [0.05, 0.1) is 15.9 Å². The molecule has 0 saturated carbocycles. The molecule has 0 bridgehead atoms. The lowest BCUT2D eigenvalue weighted by Crippen LogP contribution is -2.42. The number of nitro groups is 2. The fourth-order valence-electron chi connectivity index (χ4n) is 1.48. The highest BCUT2D eigenvalue weighted by atomic mass is 16.6. The fourth-order valence-corrected chi connectivity index (χ4v) is 1.48. The highest BCUT2D eigenvalue weighted by Gasteiger charge is 2.33. The summed E-state index contributed by atoms with van der Waals surface area (Å²) in [5, 5.41) is 33.2. The molecule has 1 rings (SSSR count). The second-order valence-corrected chi connectivity index (χ2v) is 4.33. The van der Waals surface area contributed by atoms with Gasteiger partial charge < -0.3 is 10.4 Å². The van der Waals surface area contributed by atoms with Crippen molar-refractivity contribution >= 4 is 23.0 Å². The van der Waals surface area contributed by atoms with Gasteiger partial charge in [-0.1, -0.05) is 6.92 Å². The number of hydrogen-bond acceptors (Lipinski definition) is 6. The highest BCUT2D eigenvalue weighted by molar-refractivity contribution is 5.83. The Morgan fingerprint density at radius 3 is 2.35 bits per heavy atom. The van der Waals surface area contributed by atoms with Crippen molar-refractivity contribution in [1.29, 1.82) is 0 Å². The summed E-state index contributed by atoms with van der Waals surface area (Å²) in [5.41, 5.74) is -2.45. The molecule has 0 saturated heterocycles. The monoisotopic (exact) mass is 283 g/mol. The molecule has 1 aromatic rings. The molecule has 1 unspecified atom stereocenters. The number of rotatable bonds is 6. The number of benzene rings is 1. The molecule has 0 aromatic heterocycles. The van der Waals surface area contributed by atoms with E-state index in [0.717, 1.165) is 18.2 Å². The van der Waals surface area contributed by atoms with Crippen molar-refractivity contribution in [3.05, 3.63) is 38.4 Å². The molecule has 0 spiro atoms. The van der Waals surface area contributed by atoms with Crippen LogP contribution >= 0.6 is 0 Å². The molecule has 0 heterocycles. The van der Waals surface area contributed by atoms with Crippen molar-refractivity contribution in [3.63, 3.8) is 0 Å². The van der Waals surface area contributed by atoms with E-state index in [0.29, 0.717) is 0 Å². The molecular formula is C11H13N3O6. The minimum Gasteiger partial charge on any atom is -0.480 e. The molecule has 0 aliphatic carbocycles. The number of anilines is 1. The molecule has 1 atom stereocenters. The van der Waals surface area contributed by atoms with E-state index >= 15 is 0 Å². The molecule has 9 nitrogen and oxygen atoms in total. The third-order valence-corrected chi connectivity index (χ3v) is 2.98. The first kappa shape index (κ1) is 15.3. The van der Waals surface area contributed by atoms with Gasteiger partial charge in [-0.05, 0) is 19.4 Å². The lowest BCUT2D eigenvalue weighted by atomic mass is 9.98. The van der Waals surface area contributed by atoms with Crippen LogP contribution in [0.5, 0.6) is 0 Å². The van der Waals surface area contributed by atoms with Crippen molar-refractivity contribution in [2.75, 3.05) is 5.32 Å². The van der Waals surface area contributed by atoms with Gasteiger partial charge in [0.2, 0.25) is 0 Å². The van der Waals surface area contributed by atoms with Crippen LogP contribution in [0.3, 0.4) is 0 Å². The first-order valence-corrected chi connectivity index (χ1v) is 5.65. The molecule has 0 aliphatic heterocycles. The van der Waals surface area contributed by atoms with Crippen molar-refractivity contribution < 1.29 is 19.7 Å². The Morgan fingerprint density at radius 1 is 1.35 bits per heavy atom. The Kier molecular flexibility index (Phi) is 4.23. The van der Waals surface area contributed by atoms with E-state index in [2.05, 4.69) is 5.32 Å². The number of carboxylic acids is 1. The van der Waals surface area contributed by atoms with Gasteiger partial charge in [0.1, 0.15) is 11.2 Å². The number of nitrogens with zero attached hydrogens (tertiary/aromatic N) is 2. The van der Waals surface area contributed by atoms with Crippen molar-refractivity contribution in [3.8, 4) is 0 Å². The number of nitro benzene ring substituents is 2. The van der Waals surface area contributed by atoms with Crippen LogP contribution in [0.4, 0.5) is 17.1 Å². The van der Waals surface area contributed by atoms with E-state index < -0.39 is 32.7 Å². The summed E-state index contributed by atoms with van der Waals surface area (Å²) in [5.74, 6) is -1.17. The Labute approximate surface area is 113 Å². The number of carboxylic acid groups (broad SMARTS) is 1. The maximum atomic E-state index is 11.2. The third kappa shape index (κ3) is 2.99. The van der Waals surface area contributed by atoms with Gasteiger partial charge in [-0.15, -0.1) is 0 Å². The van der Waals surface area contributed by atoms with Gasteiger partial charge in [0, 0.05) is 6.07 Å². The SMILES string of the molecule is CCC(C)(Nc1ccc([N+](=O)[O-])cc1[N+](=O)[O-])C(=O)O. The van der Waals surface area contributed by atoms with Gasteiger partial charge in [-0.3, -0.25) is 20.2 Å². The average molecular weight is 283 g/mol. The first-order chi connectivity index (χ1) is 9.21. The van der Waals surface area contributed by atoms with Gasteiger partial charge in [-0.2, -0.15) is 0 Å². The molecule has 0 radical (unpaired) electrons. The molecule has 9 heteroatoms. The highest BCUT2D eigenvalue weighted by Crippen LogP contribution is 2.31. The lowest BCUT2D eigenvalue weighted by Gasteiger charge is -2.25. The zero-order valence-electron chi connectivity index (χ0n) is 10.8. The van der Waals surface area contributed by atoms with Gasteiger partial charge in [0.15, 0.2) is 0 Å². The summed E-state index contributed by atoms with van der Waals surface area (Å²) in [6.45, 7) is 2.98. The van der Waals surface area contributed by atoms with E-state index in [4.69, 9.17) is 5.11 Å². The standard InChI is InChI=1S/C11H13N3O6/c1-3-11(2,10(15)16)12-8-5-4-7(13(17)18)6-9(8)14(19)20/h4-6,12H,3H2,1-2H3,(H,15,16). The molecule has 1 aromatic carbocycles. The zero-order valence-corrected chi connectivity index (χ0v) is 10.8. The fraction of sp³-hybridized carbons (Fsp3) is 0.364. The summed E-state index contributed by atoms with van der Waals surface area (Å²) in [6.07, 6.45) is 0.177. The molecule has 0 aliphatic rings. The Hall–Kier alpha value is -2.71. The topological polar surface area (TPSA) is 136 Å². The summed E-state index contributed by atoms with van der Waals surface area (Å²) < 4.78 is 0. The van der Waals surface area contributed by atoms with Crippen LogP contribution in [-0.2, 0) is 4.79 Å². The summed E-state index contributed by atoms with van der Waals surface area (Å²) in [7, 11) is 0. The second kappa shape index (κ2) is 5.51. The van der Waals surface area contributed by atoms with Crippen molar-refractivity contribution in [2.45, 2.75) is 25.8 Å². The predicted octanol–water partition coefficient (Wildman–Crippen LogP) is 2.17. The van der Waals surface area contributed by atoms with Crippen LogP contribution in [0.1, 0.15) is 20.3 Å². The third-order valence-electron chi connectivity index (χ3n) is 2.98. The molecule has 0 amide bonds. The number of aliphatic carboxylic acids is 1. The van der Waals surface area contributed by atoms with Crippen LogP contribution < -0.4 is 5.32 Å². The number of non-ortho nitro benzene ring substituents is 1. The van der Waals surface area contributed by atoms with Gasteiger partial charge >= 0.3 is 5.97 Å². The number of carbonyl (C=O) groups is 1. The molecule has 0 fully saturated rings. The van der Waals surface area contributed by atoms with Gasteiger partial charge in [-0.25, -0.2) is 4.79 Å². The lowest BCUT2D eigenvalue weighted by molar-refractivity contribution is -0.393. The van der Waals surface area contributed by atoms with Crippen molar-refractivity contribution in [2.24, 2.45) is 0 Å². The molecular weight excluding hydrogens is 270 g/mol. The van der Waals surface area contributed by atoms with Crippen LogP contribution in [0.15, 0.2) is 18.2 Å². The summed E-state index contributed by atoms with van der Waals surface area (Å²) in [6, 6.07) is 3.00. The van der Waals surface area contributed by atoms with Crippen LogP contribution in [0, 0.1) is 20.2 Å². The summed E-state index contributed by atoms with van der Waals surface area (Å²) >= 11 is 0. The summed E-state index contributed by atoms with van der Waals surface area (Å²) in [4.78, 5) is 31.2. The van der Waals surface area contributed by atoms with Crippen LogP contribution in [0.2, 0.25) is 0 Å². The molecule has 2 N–H and O–H groups in total. The normalized spacial score (nSPS) is 13.3. The van der Waals surface area contributed by atoms with Gasteiger partial charge in [0.25, 0.3) is 11.4 Å².